The molecule has 5 heteroatoms. The minimum absolute atomic E-state index is 0.228. The Morgan fingerprint density at radius 1 is 0.829 bits per heavy atom. The molecule has 1 aromatic carbocycles. The molecule has 0 N–H and O–H groups in total. The number of allylic oxidation sites excluding steroid dienone is 2. The van der Waals surface area contributed by atoms with E-state index in [1.807, 2.05) is 0 Å². The first-order valence-electron chi connectivity index (χ1n) is 14.0. The number of benzene rings is 1. The van der Waals surface area contributed by atoms with Gasteiger partial charge in [-0.05, 0) is 66.2 Å². The van der Waals surface area contributed by atoms with Crippen molar-refractivity contribution in [3.8, 4) is 0 Å². The highest BCUT2D eigenvalue weighted by Gasteiger charge is 2.35. The van der Waals surface area contributed by atoms with Gasteiger partial charge < -0.3 is 19.3 Å². The van der Waals surface area contributed by atoms with Crippen molar-refractivity contribution in [3.63, 3.8) is 0 Å². The largest absolute Gasteiger partial charge is 0.381 e. The Kier molecular flexibility index (Phi) is 7.48. The van der Waals surface area contributed by atoms with E-state index in [-0.39, 0.29) is 5.41 Å². The average Bonchev–Trinajstić information content (AvgIpc) is 2.83. The average molecular weight is 482 g/mol. The molecule has 3 fully saturated rings. The summed E-state index contributed by atoms with van der Waals surface area (Å²) < 4.78 is 11.2. The van der Waals surface area contributed by atoms with Crippen LogP contribution in [0.25, 0.3) is 5.57 Å². The lowest BCUT2D eigenvalue weighted by atomic mass is 9.65. The Hall–Kier alpha value is -1.56. The van der Waals surface area contributed by atoms with Crippen LogP contribution in [0.1, 0.15) is 58.9 Å². The van der Waals surface area contributed by atoms with Crippen LogP contribution in [-0.2, 0) is 9.47 Å². The Morgan fingerprint density at radius 3 is 2.20 bits per heavy atom. The maximum absolute atomic E-state index is 5.63. The van der Waals surface area contributed by atoms with Gasteiger partial charge in [-0.2, -0.15) is 0 Å². The molecule has 0 bridgehead atoms. The van der Waals surface area contributed by atoms with Crippen LogP contribution in [0.3, 0.4) is 0 Å². The normalized spacial score (nSPS) is 26.0. The molecule has 1 aromatic rings. The van der Waals surface area contributed by atoms with Crippen LogP contribution in [0.5, 0.6) is 0 Å². The predicted molar refractivity (Wildman–Crippen MR) is 146 cm³/mol. The van der Waals surface area contributed by atoms with Gasteiger partial charge in [0, 0.05) is 76.0 Å². The van der Waals surface area contributed by atoms with Gasteiger partial charge in [-0.3, -0.25) is 4.90 Å². The number of hydrogen-bond acceptors (Lipinski definition) is 5. The lowest BCUT2D eigenvalue weighted by Gasteiger charge is -2.42. The minimum atomic E-state index is 0.228. The summed E-state index contributed by atoms with van der Waals surface area (Å²) in [6, 6.07) is 7.28. The van der Waals surface area contributed by atoms with E-state index in [9.17, 15) is 0 Å². The van der Waals surface area contributed by atoms with Gasteiger partial charge in [-0.25, -0.2) is 0 Å². The Balaban J connectivity index is 1.38. The Bertz CT molecular complexity index is 889. The van der Waals surface area contributed by atoms with Gasteiger partial charge in [0.05, 0.1) is 13.2 Å². The molecular formula is C30H47N3O2. The number of piperazine rings is 1. The molecule has 194 valence electrons. The standard InChI is InChI=1S/C30H47N3O2/c1-29(2)20-25(21-30(3,4)23-29)27-19-26(32-13-17-35-18-14-32)5-6-28(27)33-11-9-31(10-12-33)22-24-7-15-34-16-8-24/h5-6,19-20,24H,7-18,21-23H2,1-4H3. The lowest BCUT2D eigenvalue weighted by molar-refractivity contribution is 0.0517. The first-order valence-corrected chi connectivity index (χ1v) is 14.0. The second kappa shape index (κ2) is 10.4. The van der Waals surface area contributed by atoms with Crippen LogP contribution in [0, 0.1) is 16.7 Å². The molecule has 4 aliphatic rings. The molecule has 1 aliphatic carbocycles. The maximum Gasteiger partial charge on any atom is 0.0642 e. The van der Waals surface area contributed by atoms with Crippen LogP contribution < -0.4 is 9.80 Å². The quantitative estimate of drug-likeness (QED) is 0.569. The summed E-state index contributed by atoms with van der Waals surface area (Å²) in [4.78, 5) is 7.86. The highest BCUT2D eigenvalue weighted by Crippen LogP contribution is 2.49. The Labute approximate surface area is 213 Å². The molecule has 35 heavy (non-hydrogen) atoms. The zero-order valence-electron chi connectivity index (χ0n) is 22.7. The molecule has 3 saturated heterocycles. The van der Waals surface area contributed by atoms with Crippen molar-refractivity contribution < 1.29 is 9.47 Å². The maximum atomic E-state index is 5.63. The fraction of sp³-hybridized carbons (Fsp3) is 0.733. The highest BCUT2D eigenvalue weighted by molar-refractivity contribution is 5.81. The predicted octanol–water partition coefficient (Wildman–Crippen LogP) is 5.30. The molecular weight excluding hydrogens is 434 g/mol. The van der Waals surface area contributed by atoms with E-state index >= 15 is 0 Å². The summed E-state index contributed by atoms with van der Waals surface area (Å²) in [5.41, 5.74) is 6.35. The zero-order chi connectivity index (χ0) is 24.5. The van der Waals surface area contributed by atoms with E-state index < -0.39 is 0 Å². The van der Waals surface area contributed by atoms with Crippen molar-refractivity contribution in [2.45, 2.75) is 53.4 Å². The second-order valence-corrected chi connectivity index (χ2v) is 12.8. The van der Waals surface area contributed by atoms with Gasteiger partial charge in [-0.15, -0.1) is 0 Å². The van der Waals surface area contributed by atoms with E-state index in [2.05, 4.69) is 66.7 Å². The molecule has 0 atom stereocenters. The van der Waals surface area contributed by atoms with Gasteiger partial charge in [0.25, 0.3) is 0 Å². The molecule has 5 nitrogen and oxygen atoms in total. The van der Waals surface area contributed by atoms with Crippen molar-refractivity contribution in [2.24, 2.45) is 16.7 Å². The fourth-order valence-electron chi connectivity index (χ4n) is 7.10. The number of rotatable bonds is 5. The van der Waals surface area contributed by atoms with Crippen molar-refractivity contribution in [1.29, 1.82) is 0 Å². The van der Waals surface area contributed by atoms with Crippen LogP contribution >= 0.6 is 0 Å². The second-order valence-electron chi connectivity index (χ2n) is 12.8. The molecule has 0 spiro atoms. The fourth-order valence-corrected chi connectivity index (χ4v) is 7.10. The summed E-state index contributed by atoms with van der Waals surface area (Å²) in [7, 11) is 0. The van der Waals surface area contributed by atoms with Gasteiger partial charge in [0.15, 0.2) is 0 Å². The van der Waals surface area contributed by atoms with E-state index in [0.29, 0.717) is 5.41 Å². The third-order valence-corrected chi connectivity index (χ3v) is 8.44. The smallest absolute Gasteiger partial charge is 0.0642 e. The highest BCUT2D eigenvalue weighted by atomic mass is 16.5. The van der Waals surface area contributed by atoms with Crippen LogP contribution in [0.15, 0.2) is 24.3 Å². The van der Waals surface area contributed by atoms with Gasteiger partial charge in [-0.1, -0.05) is 33.8 Å². The van der Waals surface area contributed by atoms with Crippen molar-refractivity contribution in [3.05, 3.63) is 29.8 Å². The van der Waals surface area contributed by atoms with E-state index in [1.54, 1.807) is 5.57 Å². The monoisotopic (exact) mass is 481 g/mol. The number of ether oxygens (including phenoxy) is 2. The molecule has 0 unspecified atom stereocenters. The number of anilines is 2. The third kappa shape index (κ3) is 6.23. The molecule has 0 aromatic heterocycles. The zero-order valence-corrected chi connectivity index (χ0v) is 22.7. The van der Waals surface area contributed by atoms with Crippen LogP contribution in [-0.4, -0.2) is 77.1 Å². The van der Waals surface area contributed by atoms with Gasteiger partial charge >= 0.3 is 0 Å². The summed E-state index contributed by atoms with van der Waals surface area (Å²) in [6.07, 6.45) is 7.44. The lowest BCUT2D eigenvalue weighted by Crippen LogP contribution is -2.48. The van der Waals surface area contributed by atoms with Gasteiger partial charge in [0.1, 0.15) is 0 Å². The number of nitrogens with zero attached hydrogens (tertiary/aromatic N) is 3. The van der Waals surface area contributed by atoms with Gasteiger partial charge in [0.2, 0.25) is 0 Å². The first kappa shape index (κ1) is 25.1. The number of hydrogen-bond donors (Lipinski definition) is 0. The van der Waals surface area contributed by atoms with Crippen LogP contribution in [0.2, 0.25) is 0 Å². The van der Waals surface area contributed by atoms with E-state index in [4.69, 9.17) is 9.47 Å². The van der Waals surface area contributed by atoms with E-state index in [1.165, 1.54) is 42.7 Å². The molecule has 3 aliphatic heterocycles. The van der Waals surface area contributed by atoms with Crippen molar-refractivity contribution in [1.82, 2.24) is 4.90 Å². The first-order chi connectivity index (χ1) is 16.8. The van der Waals surface area contributed by atoms with E-state index in [0.717, 1.165) is 78.0 Å². The summed E-state index contributed by atoms with van der Waals surface area (Å²) in [5, 5.41) is 0. The summed E-state index contributed by atoms with van der Waals surface area (Å²) in [5.74, 6) is 0.815. The molecule has 0 radical (unpaired) electrons. The molecule has 3 heterocycles. The van der Waals surface area contributed by atoms with Crippen molar-refractivity contribution in [2.75, 3.05) is 82.0 Å². The third-order valence-electron chi connectivity index (χ3n) is 8.44. The van der Waals surface area contributed by atoms with Crippen LogP contribution in [0.4, 0.5) is 11.4 Å². The Morgan fingerprint density at radius 2 is 1.51 bits per heavy atom. The summed E-state index contributed by atoms with van der Waals surface area (Å²) >= 11 is 0. The topological polar surface area (TPSA) is 28.2 Å². The number of morpholine rings is 1. The minimum Gasteiger partial charge on any atom is -0.381 e. The summed E-state index contributed by atoms with van der Waals surface area (Å²) in [6.45, 7) is 21.1. The van der Waals surface area contributed by atoms with Crippen molar-refractivity contribution >= 4 is 16.9 Å². The molecule has 5 rings (SSSR count). The molecule has 0 amide bonds. The molecule has 0 saturated carbocycles. The SMILES string of the molecule is CC1(C)C=C(c2cc(N3CCOCC3)ccc2N2CCN(CC3CCOCC3)CC2)CC(C)(C)C1.